The summed E-state index contributed by atoms with van der Waals surface area (Å²) >= 11 is 0. The van der Waals surface area contributed by atoms with Crippen LogP contribution in [0.4, 0.5) is 27.8 Å². The predicted octanol–water partition coefficient (Wildman–Crippen LogP) is 3.94. The van der Waals surface area contributed by atoms with Crippen LogP contribution in [0.2, 0.25) is 0 Å². The predicted molar refractivity (Wildman–Crippen MR) is 119 cm³/mol. The maximum absolute atomic E-state index is 14.8. The molecule has 2 saturated heterocycles. The van der Waals surface area contributed by atoms with Crippen molar-refractivity contribution in [3.8, 4) is 23.1 Å². The van der Waals surface area contributed by atoms with Gasteiger partial charge in [-0.3, -0.25) is 4.57 Å². The third kappa shape index (κ3) is 4.38. The number of fused-ring (bicyclic) bond motifs is 3. The highest BCUT2D eigenvalue weighted by molar-refractivity contribution is 5.58. The van der Waals surface area contributed by atoms with Crippen LogP contribution < -0.4 is 24.8 Å². The van der Waals surface area contributed by atoms with Crippen molar-refractivity contribution < 1.29 is 40.9 Å². The van der Waals surface area contributed by atoms with Crippen LogP contribution in [0.5, 0.6) is 23.1 Å². The van der Waals surface area contributed by atoms with Crippen molar-refractivity contribution in [1.29, 1.82) is 0 Å². The fraction of sp³-hybridized carbons (Fsp3) is 0.375. The molecular weight excluding hydrogens is 519 g/mol. The van der Waals surface area contributed by atoms with Gasteiger partial charge in [-0.15, -0.1) is 13.2 Å². The Morgan fingerprint density at radius 2 is 1.95 bits per heavy atom. The molecule has 0 radical (unpaired) electrons. The van der Waals surface area contributed by atoms with Crippen LogP contribution in [0.3, 0.4) is 0 Å². The summed E-state index contributed by atoms with van der Waals surface area (Å²) in [6, 6.07) is 3.83. The molecule has 3 aromatic rings. The van der Waals surface area contributed by atoms with Crippen LogP contribution in [0, 0.1) is 11.6 Å². The van der Waals surface area contributed by atoms with E-state index in [1.165, 1.54) is 10.8 Å². The Kier molecular flexibility index (Phi) is 5.67. The normalized spacial score (nSPS) is 21.7. The van der Waals surface area contributed by atoms with Gasteiger partial charge in [-0.1, -0.05) is 0 Å². The number of aromatic nitrogens is 3. The van der Waals surface area contributed by atoms with Crippen molar-refractivity contribution in [2.24, 2.45) is 0 Å². The summed E-state index contributed by atoms with van der Waals surface area (Å²) in [6.07, 6.45) is -1.10. The second kappa shape index (κ2) is 8.82. The fourth-order valence-electron chi connectivity index (χ4n) is 5.21. The van der Waals surface area contributed by atoms with Gasteiger partial charge in [-0.2, -0.15) is 4.98 Å². The second-order valence-electron chi connectivity index (χ2n) is 9.26. The summed E-state index contributed by atoms with van der Waals surface area (Å²) in [6.45, 7) is 1.35. The number of hydrogen-bond donors (Lipinski definition) is 0. The molecule has 38 heavy (non-hydrogen) atoms. The number of benzene rings is 1. The van der Waals surface area contributed by atoms with Crippen LogP contribution in [0.1, 0.15) is 18.4 Å². The minimum Gasteiger partial charge on any atom is -0.483 e. The number of halogens is 5. The number of rotatable bonds is 6. The molecule has 1 spiro atoms. The number of morpholine rings is 1. The highest BCUT2D eigenvalue weighted by Gasteiger charge is 2.55. The van der Waals surface area contributed by atoms with Gasteiger partial charge in [0, 0.05) is 31.8 Å². The molecule has 2 atom stereocenters. The molecule has 200 valence electrons. The zero-order valence-corrected chi connectivity index (χ0v) is 19.5. The van der Waals surface area contributed by atoms with Crippen LogP contribution in [-0.4, -0.2) is 45.7 Å². The molecule has 0 N–H and O–H groups in total. The molecule has 3 aliphatic heterocycles. The molecule has 2 aromatic heterocycles. The van der Waals surface area contributed by atoms with Crippen molar-refractivity contribution in [3.05, 3.63) is 64.3 Å². The van der Waals surface area contributed by atoms with Crippen LogP contribution >= 0.6 is 0 Å². The van der Waals surface area contributed by atoms with Gasteiger partial charge in [0.05, 0.1) is 24.4 Å². The van der Waals surface area contributed by atoms with E-state index >= 15 is 0 Å². The minimum absolute atomic E-state index is 0.0601. The Bertz CT molecular complexity index is 1440. The first-order chi connectivity index (χ1) is 18.1. The van der Waals surface area contributed by atoms with E-state index in [1.54, 1.807) is 0 Å². The van der Waals surface area contributed by atoms with E-state index in [1.807, 2.05) is 0 Å². The average molecular weight is 538 g/mol. The van der Waals surface area contributed by atoms with E-state index in [4.69, 9.17) is 14.2 Å². The van der Waals surface area contributed by atoms with Gasteiger partial charge in [0.2, 0.25) is 5.88 Å². The lowest BCUT2D eigenvalue weighted by Crippen LogP contribution is -2.54. The molecule has 2 unspecified atom stereocenters. The zero-order chi connectivity index (χ0) is 26.7. The van der Waals surface area contributed by atoms with Gasteiger partial charge in [0.25, 0.3) is 0 Å². The van der Waals surface area contributed by atoms with Crippen LogP contribution in [0.15, 0.2) is 41.5 Å². The summed E-state index contributed by atoms with van der Waals surface area (Å²) in [4.78, 5) is 21.8. The van der Waals surface area contributed by atoms with Gasteiger partial charge in [-0.05, 0) is 30.2 Å². The van der Waals surface area contributed by atoms with E-state index in [0.29, 0.717) is 31.3 Å². The number of hydrogen-bond acceptors (Lipinski definition) is 8. The molecule has 0 aliphatic carbocycles. The first-order valence-corrected chi connectivity index (χ1v) is 11.6. The standard InChI is InChI=1S/C24H19F5N4O5/c25-16-5-13(6-17(26)20(16)37-14-1-3-30-19(7-14)38-24(27,28)29)11-35-18-9-31-22(34)32-4-2-23-8-15(36-12-23)10-33(23)21(18)32/h1,3,5-7,9,15H,2,4,8,10-12H2. The SMILES string of the molecule is O=c1ncc(OCc2cc(F)c(Oc3ccnc(OC(F)(F)F)c3)c(F)c2)c2n1CCC13COC(CN21)C3. The molecule has 2 fully saturated rings. The summed E-state index contributed by atoms with van der Waals surface area (Å²) < 4.78 is 88.8. The zero-order valence-electron chi connectivity index (χ0n) is 19.5. The van der Waals surface area contributed by atoms with Gasteiger partial charge in [-0.25, -0.2) is 18.6 Å². The summed E-state index contributed by atoms with van der Waals surface area (Å²) in [5.74, 6) is -3.32. The Hall–Kier alpha value is -3.94. The smallest absolute Gasteiger partial charge is 0.483 e. The monoisotopic (exact) mass is 538 g/mol. The molecule has 9 nitrogen and oxygen atoms in total. The molecule has 3 aliphatic rings. The van der Waals surface area contributed by atoms with E-state index in [9.17, 15) is 26.7 Å². The highest BCUT2D eigenvalue weighted by atomic mass is 19.4. The van der Waals surface area contributed by atoms with E-state index in [2.05, 4.69) is 19.6 Å². The van der Waals surface area contributed by atoms with Crippen LogP contribution in [-0.2, 0) is 17.9 Å². The molecule has 5 heterocycles. The van der Waals surface area contributed by atoms with E-state index in [-0.39, 0.29) is 29.6 Å². The van der Waals surface area contributed by atoms with Gasteiger partial charge >= 0.3 is 12.1 Å². The number of alkyl halides is 3. The van der Waals surface area contributed by atoms with E-state index < -0.39 is 35.3 Å². The first-order valence-electron chi connectivity index (χ1n) is 11.6. The van der Waals surface area contributed by atoms with Crippen molar-refractivity contribution in [3.63, 3.8) is 0 Å². The Morgan fingerprint density at radius 3 is 2.68 bits per heavy atom. The maximum atomic E-state index is 14.8. The second-order valence-corrected chi connectivity index (χ2v) is 9.26. The number of nitrogens with zero attached hydrogens (tertiary/aromatic N) is 4. The largest absolute Gasteiger partial charge is 0.574 e. The molecule has 2 bridgehead atoms. The Labute approximate surface area is 211 Å². The van der Waals surface area contributed by atoms with Crippen LogP contribution in [0.25, 0.3) is 0 Å². The van der Waals surface area contributed by atoms with Crippen molar-refractivity contribution >= 4 is 5.82 Å². The maximum Gasteiger partial charge on any atom is 0.574 e. The lowest BCUT2D eigenvalue weighted by molar-refractivity contribution is -0.276. The summed E-state index contributed by atoms with van der Waals surface area (Å²) in [5.41, 5.74) is -0.513. The molecule has 14 heteroatoms. The third-order valence-electron chi connectivity index (χ3n) is 6.81. The van der Waals surface area contributed by atoms with Gasteiger partial charge in [0.15, 0.2) is 29.0 Å². The fourth-order valence-corrected chi connectivity index (χ4v) is 5.21. The Morgan fingerprint density at radius 1 is 1.16 bits per heavy atom. The number of ether oxygens (including phenoxy) is 4. The molecule has 0 saturated carbocycles. The highest BCUT2D eigenvalue weighted by Crippen LogP contribution is 2.48. The minimum atomic E-state index is -4.99. The molecule has 1 aromatic carbocycles. The molecular formula is C24H19F5N4O5. The number of pyridine rings is 1. The molecule has 6 rings (SSSR count). The van der Waals surface area contributed by atoms with Crippen molar-refractivity contribution in [2.75, 3.05) is 18.1 Å². The van der Waals surface area contributed by atoms with Crippen molar-refractivity contribution in [2.45, 2.75) is 44.0 Å². The third-order valence-corrected chi connectivity index (χ3v) is 6.81. The first kappa shape index (κ1) is 24.4. The quantitative estimate of drug-likeness (QED) is 0.437. The summed E-state index contributed by atoms with van der Waals surface area (Å²) in [5, 5.41) is 0. The van der Waals surface area contributed by atoms with Crippen molar-refractivity contribution in [1.82, 2.24) is 14.5 Å². The average Bonchev–Trinajstić information content (AvgIpc) is 3.43. The lowest BCUT2D eigenvalue weighted by Gasteiger charge is -2.44. The topological polar surface area (TPSA) is 87.9 Å². The Balaban J connectivity index is 1.21. The summed E-state index contributed by atoms with van der Waals surface area (Å²) in [7, 11) is 0. The van der Waals surface area contributed by atoms with Gasteiger partial charge in [0.1, 0.15) is 12.4 Å². The molecule has 0 amide bonds. The van der Waals surface area contributed by atoms with E-state index in [0.717, 1.165) is 43.3 Å². The number of anilines is 1. The lowest BCUT2D eigenvalue weighted by atomic mass is 9.92. The van der Waals surface area contributed by atoms with Gasteiger partial charge < -0.3 is 23.8 Å².